The van der Waals surface area contributed by atoms with Gasteiger partial charge in [0.15, 0.2) is 0 Å². The quantitative estimate of drug-likeness (QED) is 0.746. The summed E-state index contributed by atoms with van der Waals surface area (Å²) >= 11 is 0. The van der Waals surface area contributed by atoms with Crippen LogP contribution in [0.5, 0.6) is 0 Å². The summed E-state index contributed by atoms with van der Waals surface area (Å²) in [6.07, 6.45) is 4.69. The van der Waals surface area contributed by atoms with Gasteiger partial charge in [0.05, 0.1) is 0 Å². The Kier molecular flexibility index (Phi) is 4.03. The van der Waals surface area contributed by atoms with Gasteiger partial charge in [0, 0.05) is 13.1 Å². The van der Waals surface area contributed by atoms with Crippen molar-refractivity contribution in [3.8, 4) is 0 Å². The van der Waals surface area contributed by atoms with E-state index in [4.69, 9.17) is 5.73 Å². The Bertz CT molecular complexity index is 350. The number of piperidine rings is 1. The molecule has 1 atom stereocenters. The maximum absolute atomic E-state index is 12.0. The molecule has 1 aliphatic heterocycles. The van der Waals surface area contributed by atoms with Gasteiger partial charge in [-0.15, -0.1) is 5.10 Å². The van der Waals surface area contributed by atoms with E-state index in [0.717, 1.165) is 25.9 Å². The lowest BCUT2D eigenvalue weighted by Gasteiger charge is -2.32. The average Bonchev–Trinajstić information content (AvgIpc) is 2.83. The van der Waals surface area contributed by atoms with Crippen molar-refractivity contribution in [2.75, 3.05) is 19.6 Å². The molecule has 1 unspecified atom stereocenters. The molecule has 1 aromatic heterocycles. The Morgan fingerprint density at radius 2 is 2.41 bits per heavy atom. The second-order valence-corrected chi connectivity index (χ2v) is 4.43. The van der Waals surface area contributed by atoms with Crippen LogP contribution in [0.4, 0.5) is 0 Å². The topological polar surface area (TPSA) is 89.9 Å². The van der Waals surface area contributed by atoms with Crippen molar-refractivity contribution >= 4 is 5.91 Å². The van der Waals surface area contributed by atoms with Crippen molar-refractivity contribution < 1.29 is 4.79 Å². The largest absolute Gasteiger partial charge is 0.341 e. The average molecular weight is 238 g/mol. The van der Waals surface area contributed by atoms with Crippen molar-refractivity contribution in [2.24, 2.45) is 11.7 Å². The first-order valence-corrected chi connectivity index (χ1v) is 5.98. The standard InChI is InChI=1S/C10H18N6O/c11-4-3-9-2-1-5-15(6-9)10(17)7-16-8-12-13-14-16/h8-9H,1-7,11H2. The third-order valence-corrected chi connectivity index (χ3v) is 3.14. The van der Waals surface area contributed by atoms with Gasteiger partial charge in [-0.3, -0.25) is 4.79 Å². The molecule has 17 heavy (non-hydrogen) atoms. The van der Waals surface area contributed by atoms with E-state index in [1.165, 1.54) is 17.4 Å². The highest BCUT2D eigenvalue weighted by molar-refractivity contribution is 5.75. The molecule has 1 aromatic rings. The van der Waals surface area contributed by atoms with Crippen molar-refractivity contribution in [1.82, 2.24) is 25.1 Å². The van der Waals surface area contributed by atoms with Gasteiger partial charge < -0.3 is 10.6 Å². The number of carbonyl (C=O) groups is 1. The lowest BCUT2D eigenvalue weighted by Crippen LogP contribution is -2.42. The molecule has 1 amide bonds. The number of carbonyl (C=O) groups excluding carboxylic acids is 1. The molecule has 1 saturated heterocycles. The zero-order valence-corrected chi connectivity index (χ0v) is 9.83. The maximum Gasteiger partial charge on any atom is 0.244 e. The highest BCUT2D eigenvalue weighted by Gasteiger charge is 2.23. The fraction of sp³-hybridized carbons (Fsp3) is 0.800. The van der Waals surface area contributed by atoms with Crippen molar-refractivity contribution in [3.63, 3.8) is 0 Å². The highest BCUT2D eigenvalue weighted by atomic mass is 16.2. The molecular weight excluding hydrogens is 220 g/mol. The van der Waals surface area contributed by atoms with E-state index in [1.807, 2.05) is 4.90 Å². The number of nitrogens with zero attached hydrogens (tertiary/aromatic N) is 5. The summed E-state index contributed by atoms with van der Waals surface area (Å²) in [6.45, 7) is 2.57. The Morgan fingerprint density at radius 3 is 3.12 bits per heavy atom. The molecule has 0 aliphatic carbocycles. The summed E-state index contributed by atoms with van der Waals surface area (Å²) in [7, 11) is 0. The summed E-state index contributed by atoms with van der Waals surface area (Å²) in [5.41, 5.74) is 5.56. The van der Waals surface area contributed by atoms with Crippen LogP contribution in [-0.2, 0) is 11.3 Å². The molecule has 1 aliphatic rings. The Hall–Kier alpha value is -1.50. The SMILES string of the molecule is NCCC1CCCN(C(=O)Cn2cnnn2)C1. The van der Waals surface area contributed by atoms with Crippen LogP contribution in [0.1, 0.15) is 19.3 Å². The maximum atomic E-state index is 12.0. The number of aromatic nitrogens is 4. The first kappa shape index (κ1) is 12.0. The molecule has 2 rings (SSSR count). The molecular formula is C10H18N6O. The van der Waals surface area contributed by atoms with Crippen LogP contribution >= 0.6 is 0 Å². The Balaban J connectivity index is 1.86. The van der Waals surface area contributed by atoms with Gasteiger partial charge in [-0.1, -0.05) is 0 Å². The molecule has 2 heterocycles. The van der Waals surface area contributed by atoms with Gasteiger partial charge in [-0.2, -0.15) is 0 Å². The first-order chi connectivity index (χ1) is 8.29. The zero-order chi connectivity index (χ0) is 12.1. The van der Waals surface area contributed by atoms with E-state index in [-0.39, 0.29) is 12.5 Å². The van der Waals surface area contributed by atoms with Crippen LogP contribution in [-0.4, -0.2) is 50.6 Å². The minimum atomic E-state index is 0.0824. The van der Waals surface area contributed by atoms with Gasteiger partial charge >= 0.3 is 0 Å². The molecule has 0 radical (unpaired) electrons. The van der Waals surface area contributed by atoms with Crippen molar-refractivity contribution in [3.05, 3.63) is 6.33 Å². The predicted octanol–water partition coefficient (Wildman–Crippen LogP) is -0.739. The monoisotopic (exact) mass is 238 g/mol. The Labute approximate surface area is 100.0 Å². The molecule has 1 fully saturated rings. The van der Waals surface area contributed by atoms with Gasteiger partial charge in [-0.05, 0) is 42.2 Å². The summed E-state index contributed by atoms with van der Waals surface area (Å²) < 4.78 is 1.45. The van der Waals surface area contributed by atoms with E-state index < -0.39 is 0 Å². The van der Waals surface area contributed by atoms with E-state index in [9.17, 15) is 4.79 Å². The van der Waals surface area contributed by atoms with Gasteiger partial charge in [0.25, 0.3) is 0 Å². The van der Waals surface area contributed by atoms with Gasteiger partial charge in [0.2, 0.25) is 5.91 Å². The smallest absolute Gasteiger partial charge is 0.244 e. The molecule has 0 bridgehead atoms. The molecule has 7 heteroatoms. The normalized spacial score (nSPS) is 20.5. The number of nitrogens with two attached hydrogens (primary N) is 1. The first-order valence-electron chi connectivity index (χ1n) is 5.98. The molecule has 0 aromatic carbocycles. The van der Waals surface area contributed by atoms with Crippen LogP contribution < -0.4 is 5.73 Å². The number of amides is 1. The van der Waals surface area contributed by atoms with Crippen LogP contribution in [0, 0.1) is 5.92 Å². The third kappa shape index (κ3) is 3.23. The van der Waals surface area contributed by atoms with Crippen LogP contribution in [0.15, 0.2) is 6.33 Å². The highest BCUT2D eigenvalue weighted by Crippen LogP contribution is 2.19. The number of hydrogen-bond donors (Lipinski definition) is 1. The van der Waals surface area contributed by atoms with Crippen LogP contribution in [0.25, 0.3) is 0 Å². The van der Waals surface area contributed by atoms with Crippen LogP contribution in [0.3, 0.4) is 0 Å². The molecule has 94 valence electrons. The second-order valence-electron chi connectivity index (χ2n) is 4.43. The summed E-state index contributed by atoms with van der Waals surface area (Å²) in [5, 5.41) is 10.7. The number of hydrogen-bond acceptors (Lipinski definition) is 5. The molecule has 0 saturated carbocycles. The number of rotatable bonds is 4. The van der Waals surface area contributed by atoms with E-state index in [1.54, 1.807) is 0 Å². The summed E-state index contributed by atoms with van der Waals surface area (Å²) in [4.78, 5) is 13.9. The minimum absolute atomic E-state index is 0.0824. The summed E-state index contributed by atoms with van der Waals surface area (Å²) in [5.74, 6) is 0.630. The number of likely N-dealkylation sites (tertiary alicyclic amines) is 1. The van der Waals surface area contributed by atoms with Crippen LogP contribution in [0.2, 0.25) is 0 Å². The molecule has 0 spiro atoms. The minimum Gasteiger partial charge on any atom is -0.341 e. The third-order valence-electron chi connectivity index (χ3n) is 3.14. The van der Waals surface area contributed by atoms with Crippen molar-refractivity contribution in [1.29, 1.82) is 0 Å². The number of tetrazole rings is 1. The lowest BCUT2D eigenvalue weighted by molar-refractivity contribution is -0.133. The van der Waals surface area contributed by atoms with Gasteiger partial charge in [0.1, 0.15) is 12.9 Å². The molecule has 2 N–H and O–H groups in total. The lowest BCUT2D eigenvalue weighted by atomic mass is 9.95. The summed E-state index contributed by atoms with van der Waals surface area (Å²) in [6, 6.07) is 0. The van der Waals surface area contributed by atoms with E-state index >= 15 is 0 Å². The van der Waals surface area contributed by atoms with E-state index in [0.29, 0.717) is 12.5 Å². The van der Waals surface area contributed by atoms with Crippen molar-refractivity contribution in [2.45, 2.75) is 25.8 Å². The molecule has 7 nitrogen and oxygen atoms in total. The fourth-order valence-electron chi connectivity index (χ4n) is 2.25. The fourth-order valence-corrected chi connectivity index (χ4v) is 2.25. The zero-order valence-electron chi connectivity index (χ0n) is 9.83. The van der Waals surface area contributed by atoms with E-state index in [2.05, 4.69) is 15.5 Å². The van der Waals surface area contributed by atoms with Gasteiger partial charge in [-0.25, -0.2) is 4.68 Å². The second kappa shape index (κ2) is 5.72. The Morgan fingerprint density at radius 1 is 1.53 bits per heavy atom. The predicted molar refractivity (Wildman–Crippen MR) is 60.8 cm³/mol.